The van der Waals surface area contributed by atoms with Crippen LogP contribution in [0, 0.1) is 35.5 Å². The van der Waals surface area contributed by atoms with Crippen LogP contribution in [0.3, 0.4) is 0 Å². The minimum absolute atomic E-state index is 0.191. The summed E-state index contributed by atoms with van der Waals surface area (Å²) in [5, 5.41) is 0. The molecule has 1 spiro atoms. The molecule has 288 valence electrons. The molecule has 5 saturated carbocycles. The Morgan fingerprint density at radius 1 is 0.367 bits per heavy atom. The van der Waals surface area contributed by atoms with Gasteiger partial charge in [0.05, 0.1) is 0 Å². The summed E-state index contributed by atoms with van der Waals surface area (Å²) in [6.45, 7) is 0. The second-order valence-corrected chi connectivity index (χ2v) is 18.5. The van der Waals surface area contributed by atoms with Gasteiger partial charge in [0.1, 0.15) is 0 Å². The van der Waals surface area contributed by atoms with Crippen LogP contribution in [-0.2, 0) is 5.41 Å². The van der Waals surface area contributed by atoms with Crippen molar-refractivity contribution in [3.63, 3.8) is 0 Å². The summed E-state index contributed by atoms with van der Waals surface area (Å²) in [7, 11) is 0. The molecule has 1 heteroatoms. The van der Waals surface area contributed by atoms with Crippen LogP contribution >= 0.6 is 0 Å². The SMILES string of the molecule is c1ccc(-c2ccc(N(c3ccc(-c4ccccc4)cc3)c3cccc(-c4cccc(-c5cccc6c5-c5ccccc5C65C6CC7CC8CC6C7C5C8)c4)c3)cc2)cc1. The van der Waals surface area contributed by atoms with Crippen LogP contribution in [-0.4, -0.2) is 0 Å². The summed E-state index contributed by atoms with van der Waals surface area (Å²) in [4.78, 5) is 2.40. The molecule has 6 aliphatic rings. The molecule has 0 aliphatic heterocycles. The lowest BCUT2D eigenvalue weighted by molar-refractivity contribution is 0.0262. The summed E-state index contributed by atoms with van der Waals surface area (Å²) < 4.78 is 0. The molecule has 8 aromatic rings. The number of hydrogen-bond acceptors (Lipinski definition) is 1. The van der Waals surface area contributed by atoms with Gasteiger partial charge in [-0.05, 0) is 170 Å². The Morgan fingerprint density at radius 2 is 0.917 bits per heavy atom. The van der Waals surface area contributed by atoms with Gasteiger partial charge < -0.3 is 4.90 Å². The molecule has 5 fully saturated rings. The predicted octanol–water partition coefficient (Wildman–Crippen LogP) is 15.4. The first-order valence-electron chi connectivity index (χ1n) is 22.3. The molecule has 14 rings (SSSR count). The minimum Gasteiger partial charge on any atom is -0.310 e. The van der Waals surface area contributed by atoms with Crippen LogP contribution in [0.4, 0.5) is 17.1 Å². The van der Waals surface area contributed by atoms with Crippen LogP contribution in [0.25, 0.3) is 55.6 Å². The van der Waals surface area contributed by atoms with E-state index >= 15 is 0 Å². The van der Waals surface area contributed by atoms with E-state index in [1.54, 1.807) is 11.1 Å². The van der Waals surface area contributed by atoms with Crippen LogP contribution in [0.5, 0.6) is 0 Å². The molecular formula is C59H47N. The normalized spacial score (nSPS) is 24.8. The lowest BCUT2D eigenvalue weighted by Crippen LogP contribution is -2.46. The monoisotopic (exact) mass is 769 g/mol. The summed E-state index contributed by atoms with van der Waals surface area (Å²) in [5.74, 6) is 5.38. The maximum absolute atomic E-state index is 2.54. The standard InChI is InChI=1S/C59H47N/c1-3-12-39(13-4-1)41-24-28-47(29-25-41)60(48-30-26-42(27-31-48)40-14-5-2-6-15-40)49-19-10-17-44(36-49)43-16-9-18-45(35-43)50-21-11-23-54-58(50)51-20-7-8-22-53(51)59(54)55-37-46-32-38-33-52(55)57(46)56(59)34-38/h1-31,35-36,38,46,52,55-57H,32-34,37H2. The van der Waals surface area contributed by atoms with Gasteiger partial charge in [-0.1, -0.05) is 158 Å². The van der Waals surface area contributed by atoms with Crippen molar-refractivity contribution in [3.05, 3.63) is 211 Å². The van der Waals surface area contributed by atoms with E-state index in [4.69, 9.17) is 0 Å². The van der Waals surface area contributed by atoms with Crippen molar-refractivity contribution in [2.24, 2.45) is 35.5 Å². The van der Waals surface area contributed by atoms with Gasteiger partial charge in [0, 0.05) is 22.5 Å². The molecule has 0 saturated heterocycles. The van der Waals surface area contributed by atoms with E-state index in [0.717, 1.165) is 52.6 Å². The molecule has 0 radical (unpaired) electrons. The molecule has 0 heterocycles. The summed E-state index contributed by atoms with van der Waals surface area (Å²) in [6, 6.07) is 74.7. The zero-order valence-electron chi connectivity index (χ0n) is 33.8. The van der Waals surface area contributed by atoms with Gasteiger partial charge in [-0.25, -0.2) is 0 Å². The van der Waals surface area contributed by atoms with E-state index < -0.39 is 0 Å². The van der Waals surface area contributed by atoms with Crippen molar-refractivity contribution >= 4 is 17.1 Å². The molecule has 7 atom stereocenters. The fourth-order valence-corrected chi connectivity index (χ4v) is 13.8. The van der Waals surface area contributed by atoms with Crippen molar-refractivity contribution < 1.29 is 0 Å². The van der Waals surface area contributed by atoms with Gasteiger partial charge in [0.15, 0.2) is 0 Å². The highest BCUT2D eigenvalue weighted by Crippen LogP contribution is 2.79. The van der Waals surface area contributed by atoms with E-state index in [1.165, 1.54) is 81.3 Å². The van der Waals surface area contributed by atoms with E-state index in [0.29, 0.717) is 0 Å². The molecule has 6 bridgehead atoms. The van der Waals surface area contributed by atoms with Crippen molar-refractivity contribution in [3.8, 4) is 55.6 Å². The third-order valence-corrected chi connectivity index (χ3v) is 15.8. The zero-order chi connectivity index (χ0) is 39.4. The molecule has 60 heavy (non-hydrogen) atoms. The van der Waals surface area contributed by atoms with Crippen LogP contribution in [0.2, 0.25) is 0 Å². The van der Waals surface area contributed by atoms with E-state index in [2.05, 4.69) is 205 Å². The van der Waals surface area contributed by atoms with Crippen molar-refractivity contribution in [2.75, 3.05) is 4.90 Å². The Bertz CT molecular complexity index is 2820. The number of rotatable bonds is 7. The van der Waals surface area contributed by atoms with Crippen molar-refractivity contribution in [1.82, 2.24) is 0 Å². The number of anilines is 3. The highest BCUT2D eigenvalue weighted by Gasteiger charge is 2.73. The lowest BCUT2D eigenvalue weighted by atomic mass is 9.52. The summed E-state index contributed by atoms with van der Waals surface area (Å²) in [6.07, 6.45) is 5.87. The van der Waals surface area contributed by atoms with E-state index in [9.17, 15) is 0 Å². The molecule has 6 aliphatic carbocycles. The van der Waals surface area contributed by atoms with Gasteiger partial charge in [-0.2, -0.15) is 0 Å². The topological polar surface area (TPSA) is 3.24 Å². The average molecular weight is 770 g/mol. The summed E-state index contributed by atoms with van der Waals surface area (Å²) >= 11 is 0. The molecule has 1 nitrogen and oxygen atoms in total. The Hall–Kier alpha value is -6.44. The Labute approximate surface area is 354 Å². The smallest absolute Gasteiger partial charge is 0.0467 e. The van der Waals surface area contributed by atoms with Crippen LogP contribution in [0.15, 0.2) is 200 Å². The molecular weight excluding hydrogens is 723 g/mol. The van der Waals surface area contributed by atoms with Crippen molar-refractivity contribution in [1.29, 1.82) is 0 Å². The molecule has 0 amide bonds. The highest BCUT2D eigenvalue weighted by molar-refractivity contribution is 5.94. The Balaban J connectivity index is 0.899. The number of benzene rings is 8. The fraction of sp³-hybridized carbons (Fsp3) is 0.186. The Morgan fingerprint density at radius 3 is 1.62 bits per heavy atom. The number of hydrogen-bond donors (Lipinski definition) is 0. The van der Waals surface area contributed by atoms with Gasteiger partial charge in [0.2, 0.25) is 0 Å². The number of nitrogens with zero attached hydrogens (tertiary/aromatic N) is 1. The first-order chi connectivity index (χ1) is 29.7. The van der Waals surface area contributed by atoms with Gasteiger partial charge in [-0.15, -0.1) is 0 Å². The van der Waals surface area contributed by atoms with Gasteiger partial charge in [0.25, 0.3) is 0 Å². The third kappa shape index (κ3) is 4.99. The van der Waals surface area contributed by atoms with E-state index in [-0.39, 0.29) is 5.41 Å². The average Bonchev–Trinajstić information content (AvgIpc) is 3.85. The van der Waals surface area contributed by atoms with Crippen molar-refractivity contribution in [2.45, 2.75) is 31.1 Å². The third-order valence-electron chi connectivity index (χ3n) is 15.8. The van der Waals surface area contributed by atoms with Crippen LogP contribution in [0.1, 0.15) is 36.8 Å². The lowest BCUT2D eigenvalue weighted by Gasteiger charge is -2.51. The molecule has 7 unspecified atom stereocenters. The van der Waals surface area contributed by atoms with Gasteiger partial charge >= 0.3 is 0 Å². The van der Waals surface area contributed by atoms with Crippen LogP contribution < -0.4 is 4.90 Å². The largest absolute Gasteiger partial charge is 0.310 e. The van der Waals surface area contributed by atoms with E-state index in [1.807, 2.05) is 0 Å². The molecule has 0 N–H and O–H groups in total. The maximum Gasteiger partial charge on any atom is 0.0467 e. The highest BCUT2D eigenvalue weighted by atomic mass is 15.1. The summed E-state index contributed by atoms with van der Waals surface area (Å²) in [5.41, 5.74) is 19.9. The quantitative estimate of drug-likeness (QED) is 0.156. The fourth-order valence-electron chi connectivity index (χ4n) is 13.8. The first-order valence-corrected chi connectivity index (χ1v) is 22.3. The molecule has 8 aromatic carbocycles. The minimum atomic E-state index is 0.191. The number of fused-ring (bicyclic) bond motifs is 6. The second kappa shape index (κ2) is 13.3. The first kappa shape index (κ1) is 34.4. The molecule has 0 aromatic heterocycles. The maximum atomic E-state index is 2.54. The zero-order valence-corrected chi connectivity index (χ0v) is 33.8. The second-order valence-electron chi connectivity index (χ2n) is 18.5. The Kier molecular flexibility index (Phi) is 7.62. The predicted molar refractivity (Wildman–Crippen MR) is 248 cm³/mol. The van der Waals surface area contributed by atoms with Gasteiger partial charge in [-0.3, -0.25) is 0 Å².